The summed E-state index contributed by atoms with van der Waals surface area (Å²) in [7, 11) is 0. The fourth-order valence-electron chi connectivity index (χ4n) is 2.23. The highest BCUT2D eigenvalue weighted by Crippen LogP contribution is 2.39. The first-order valence-corrected chi connectivity index (χ1v) is 4.61. The van der Waals surface area contributed by atoms with Crippen molar-refractivity contribution < 1.29 is 9.84 Å². The second kappa shape index (κ2) is 2.57. The van der Waals surface area contributed by atoms with E-state index >= 15 is 0 Å². The van der Waals surface area contributed by atoms with Crippen molar-refractivity contribution >= 4 is 0 Å². The normalized spacial score (nSPS) is 47.1. The minimum atomic E-state index is -0.595. The van der Waals surface area contributed by atoms with Crippen molar-refractivity contribution in [3.63, 3.8) is 0 Å². The van der Waals surface area contributed by atoms with Crippen LogP contribution >= 0.6 is 0 Å². The summed E-state index contributed by atoms with van der Waals surface area (Å²) in [6.45, 7) is 4.50. The molecule has 2 rings (SSSR count). The molecule has 2 nitrogen and oxygen atoms in total. The van der Waals surface area contributed by atoms with Crippen LogP contribution in [-0.2, 0) is 4.74 Å². The van der Waals surface area contributed by atoms with E-state index in [4.69, 9.17) is 4.74 Å². The maximum atomic E-state index is 9.92. The van der Waals surface area contributed by atoms with Gasteiger partial charge in [-0.25, -0.2) is 0 Å². The van der Waals surface area contributed by atoms with E-state index in [9.17, 15) is 5.11 Å². The van der Waals surface area contributed by atoms with Crippen LogP contribution in [0.25, 0.3) is 0 Å². The van der Waals surface area contributed by atoms with E-state index in [0.29, 0.717) is 12.5 Å². The highest BCUT2D eigenvalue weighted by atomic mass is 16.5. The minimum absolute atomic E-state index is 0.175. The van der Waals surface area contributed by atoms with Gasteiger partial charge in [0.2, 0.25) is 0 Å². The molecular formula is C10H16O2. The molecule has 2 aliphatic rings. The summed E-state index contributed by atoms with van der Waals surface area (Å²) in [5.74, 6) is 0.321. The Labute approximate surface area is 73.2 Å². The van der Waals surface area contributed by atoms with E-state index in [1.807, 2.05) is 6.92 Å². The zero-order valence-corrected chi connectivity index (χ0v) is 7.71. The van der Waals surface area contributed by atoms with Crippen molar-refractivity contribution in [1.29, 1.82) is 0 Å². The lowest BCUT2D eigenvalue weighted by molar-refractivity contribution is 0.0169. The van der Waals surface area contributed by atoms with Crippen molar-refractivity contribution in [2.45, 2.75) is 38.4 Å². The first kappa shape index (κ1) is 8.27. The number of fused-ring (bicyclic) bond motifs is 1. The van der Waals surface area contributed by atoms with E-state index in [-0.39, 0.29) is 6.10 Å². The summed E-state index contributed by atoms with van der Waals surface area (Å²) < 4.78 is 5.52. The summed E-state index contributed by atoms with van der Waals surface area (Å²) in [6.07, 6.45) is 4.52. The lowest BCUT2D eigenvalue weighted by Crippen LogP contribution is -2.36. The summed E-state index contributed by atoms with van der Waals surface area (Å²) in [5.41, 5.74) is 0.802. The predicted molar refractivity (Wildman–Crippen MR) is 46.8 cm³/mol. The monoisotopic (exact) mass is 168 g/mol. The molecule has 1 saturated heterocycles. The van der Waals surface area contributed by atoms with Gasteiger partial charge < -0.3 is 9.84 Å². The third kappa shape index (κ3) is 1.19. The van der Waals surface area contributed by atoms with Crippen molar-refractivity contribution in [3.8, 4) is 0 Å². The molecule has 1 N–H and O–H groups in total. The number of rotatable bonds is 0. The molecule has 12 heavy (non-hydrogen) atoms. The number of allylic oxidation sites excluding steroid dienone is 1. The molecule has 68 valence electrons. The van der Waals surface area contributed by atoms with Crippen molar-refractivity contribution in [1.82, 2.24) is 0 Å². The molecule has 0 bridgehead atoms. The fourth-order valence-corrected chi connectivity index (χ4v) is 2.23. The van der Waals surface area contributed by atoms with Crippen LogP contribution < -0.4 is 0 Å². The molecule has 0 radical (unpaired) electrons. The molecule has 1 fully saturated rings. The van der Waals surface area contributed by atoms with E-state index in [2.05, 4.69) is 13.0 Å². The summed E-state index contributed by atoms with van der Waals surface area (Å²) in [5, 5.41) is 9.92. The number of aliphatic hydroxyl groups is 1. The number of hydrogen-bond donors (Lipinski definition) is 1. The van der Waals surface area contributed by atoms with Crippen molar-refractivity contribution in [3.05, 3.63) is 11.6 Å². The van der Waals surface area contributed by atoms with Crippen molar-refractivity contribution in [2.75, 3.05) is 6.61 Å². The van der Waals surface area contributed by atoms with Crippen LogP contribution in [0, 0.1) is 5.92 Å². The van der Waals surface area contributed by atoms with E-state index in [1.54, 1.807) is 0 Å². The molecule has 0 amide bonds. The van der Waals surface area contributed by atoms with E-state index in [0.717, 1.165) is 12.8 Å². The molecule has 0 unspecified atom stereocenters. The Bertz CT molecular complexity index is 218. The van der Waals surface area contributed by atoms with Crippen LogP contribution in [0.3, 0.4) is 0 Å². The number of ether oxygens (including phenoxy) is 1. The van der Waals surface area contributed by atoms with Gasteiger partial charge in [0.15, 0.2) is 0 Å². The molecule has 0 spiro atoms. The molecule has 2 heteroatoms. The SMILES string of the molecule is CC1=C[C@H]2OC[C@@](C)(O)[C@H]2CC1. The standard InChI is InChI=1S/C10H16O2/c1-7-3-4-8-9(5-7)12-6-10(8,2)11/h5,8-9,11H,3-4,6H2,1-2H3/t8-,9+,10+/m0/s1. The molecule has 0 aromatic rings. The molecule has 1 aliphatic carbocycles. The first-order chi connectivity index (χ1) is 5.59. The predicted octanol–water partition coefficient (Wildman–Crippen LogP) is 1.49. The van der Waals surface area contributed by atoms with Gasteiger partial charge in [-0.05, 0) is 26.7 Å². The van der Waals surface area contributed by atoms with Crippen molar-refractivity contribution in [2.24, 2.45) is 5.92 Å². The summed E-state index contributed by atoms with van der Waals surface area (Å²) >= 11 is 0. The second-order valence-electron chi connectivity index (χ2n) is 4.29. The third-order valence-electron chi connectivity index (χ3n) is 3.06. The summed E-state index contributed by atoms with van der Waals surface area (Å²) in [4.78, 5) is 0. The Morgan fingerprint density at radius 3 is 3.17 bits per heavy atom. The van der Waals surface area contributed by atoms with Gasteiger partial charge in [0.25, 0.3) is 0 Å². The van der Waals surface area contributed by atoms with Gasteiger partial charge in [-0.15, -0.1) is 0 Å². The molecule has 3 atom stereocenters. The van der Waals surface area contributed by atoms with Crippen LogP contribution in [0.5, 0.6) is 0 Å². The highest BCUT2D eigenvalue weighted by Gasteiger charge is 2.44. The van der Waals surface area contributed by atoms with Gasteiger partial charge in [0.05, 0.1) is 18.3 Å². The third-order valence-corrected chi connectivity index (χ3v) is 3.06. The maximum absolute atomic E-state index is 9.92. The topological polar surface area (TPSA) is 29.5 Å². The van der Waals surface area contributed by atoms with Gasteiger partial charge in [-0.3, -0.25) is 0 Å². The first-order valence-electron chi connectivity index (χ1n) is 4.61. The zero-order chi connectivity index (χ0) is 8.77. The Balaban J connectivity index is 2.20. The van der Waals surface area contributed by atoms with Gasteiger partial charge >= 0.3 is 0 Å². The quantitative estimate of drug-likeness (QED) is 0.555. The van der Waals surface area contributed by atoms with E-state index < -0.39 is 5.60 Å². The molecule has 0 saturated carbocycles. The Hall–Kier alpha value is -0.340. The number of hydrogen-bond acceptors (Lipinski definition) is 2. The average molecular weight is 168 g/mol. The zero-order valence-electron chi connectivity index (χ0n) is 7.71. The van der Waals surface area contributed by atoms with Crippen LogP contribution in [0.2, 0.25) is 0 Å². The maximum Gasteiger partial charge on any atom is 0.0908 e. The largest absolute Gasteiger partial charge is 0.387 e. The van der Waals surface area contributed by atoms with Gasteiger partial charge in [-0.2, -0.15) is 0 Å². The molecule has 1 heterocycles. The molecule has 0 aromatic carbocycles. The fraction of sp³-hybridized carbons (Fsp3) is 0.800. The highest BCUT2D eigenvalue weighted by molar-refractivity contribution is 5.13. The molecular weight excluding hydrogens is 152 g/mol. The lowest BCUT2D eigenvalue weighted by Gasteiger charge is -2.29. The van der Waals surface area contributed by atoms with E-state index in [1.165, 1.54) is 5.57 Å². The lowest BCUT2D eigenvalue weighted by atomic mass is 9.79. The van der Waals surface area contributed by atoms with Crippen LogP contribution in [0.15, 0.2) is 11.6 Å². The van der Waals surface area contributed by atoms with Crippen LogP contribution in [0.1, 0.15) is 26.7 Å². The van der Waals surface area contributed by atoms with Gasteiger partial charge in [0, 0.05) is 5.92 Å². The minimum Gasteiger partial charge on any atom is -0.387 e. The van der Waals surface area contributed by atoms with Crippen LogP contribution in [0.4, 0.5) is 0 Å². The summed E-state index contributed by atoms with van der Waals surface area (Å²) in [6, 6.07) is 0. The second-order valence-corrected chi connectivity index (χ2v) is 4.29. The Morgan fingerprint density at radius 1 is 1.67 bits per heavy atom. The average Bonchev–Trinajstić information content (AvgIpc) is 2.27. The smallest absolute Gasteiger partial charge is 0.0908 e. The van der Waals surface area contributed by atoms with Gasteiger partial charge in [0.1, 0.15) is 0 Å². The molecule has 1 aliphatic heterocycles. The molecule has 0 aromatic heterocycles. The Kier molecular flexibility index (Phi) is 1.77. The Morgan fingerprint density at radius 2 is 2.42 bits per heavy atom. The van der Waals surface area contributed by atoms with Gasteiger partial charge in [-0.1, -0.05) is 11.6 Å². The van der Waals surface area contributed by atoms with Crippen LogP contribution in [-0.4, -0.2) is 23.4 Å².